The Kier molecular flexibility index (Phi) is 6.56. The SMILES string of the molecule is CC1(C)c2ccccc2-c2c(N(c3ccc(-c4ccc5ccccc5c4)cc3)c3cccc(-c4cccc5oc6ccccc6c45)c3)cccc21. The predicted molar refractivity (Wildman–Crippen MR) is 214 cm³/mol. The molecule has 1 aromatic heterocycles. The zero-order valence-corrected chi connectivity index (χ0v) is 28.6. The Labute approximate surface area is 297 Å². The van der Waals surface area contributed by atoms with Crippen LogP contribution in [0.1, 0.15) is 25.0 Å². The lowest BCUT2D eigenvalue weighted by molar-refractivity contribution is 0.660. The van der Waals surface area contributed by atoms with Crippen LogP contribution in [0.5, 0.6) is 0 Å². The first-order valence-electron chi connectivity index (χ1n) is 17.7. The van der Waals surface area contributed by atoms with Gasteiger partial charge in [0.2, 0.25) is 0 Å². The maximum atomic E-state index is 6.29. The van der Waals surface area contributed by atoms with Gasteiger partial charge in [0.25, 0.3) is 0 Å². The van der Waals surface area contributed by atoms with Gasteiger partial charge in [0.15, 0.2) is 0 Å². The number of benzene rings is 8. The van der Waals surface area contributed by atoms with E-state index in [0.717, 1.165) is 44.4 Å². The third-order valence-electron chi connectivity index (χ3n) is 10.9. The van der Waals surface area contributed by atoms with Crippen molar-refractivity contribution >= 4 is 49.8 Å². The van der Waals surface area contributed by atoms with Crippen LogP contribution in [-0.2, 0) is 5.41 Å². The third-order valence-corrected chi connectivity index (χ3v) is 10.9. The minimum atomic E-state index is -0.104. The molecule has 0 amide bonds. The van der Waals surface area contributed by atoms with E-state index in [0.29, 0.717) is 0 Å². The molecule has 10 rings (SSSR count). The van der Waals surface area contributed by atoms with Crippen molar-refractivity contribution < 1.29 is 4.42 Å². The standard InChI is InChI=1S/C49H35NO/c1-49(2)42-19-7-5-16-40(42)48-43(49)20-11-21-44(48)50(37-28-26-33(27-29-37)35-25-24-32-12-3-4-13-34(32)30-35)38-15-9-14-36(31-38)39-18-10-23-46-47(39)41-17-6-8-22-45(41)51-46/h3-31H,1-2H3. The molecule has 0 spiro atoms. The zero-order chi connectivity index (χ0) is 34.1. The number of furan rings is 1. The topological polar surface area (TPSA) is 16.4 Å². The number of fused-ring (bicyclic) bond motifs is 7. The normalized spacial score (nSPS) is 13.1. The first-order valence-corrected chi connectivity index (χ1v) is 17.7. The Morgan fingerprint density at radius 3 is 2.04 bits per heavy atom. The van der Waals surface area contributed by atoms with Crippen LogP contribution in [0.2, 0.25) is 0 Å². The van der Waals surface area contributed by atoms with E-state index in [9.17, 15) is 0 Å². The Hall–Kier alpha value is -6.38. The molecule has 1 heterocycles. The van der Waals surface area contributed by atoms with Crippen molar-refractivity contribution in [2.75, 3.05) is 4.90 Å². The number of rotatable bonds is 5. The van der Waals surface area contributed by atoms with Crippen LogP contribution in [-0.4, -0.2) is 0 Å². The summed E-state index contributed by atoms with van der Waals surface area (Å²) in [4.78, 5) is 2.44. The van der Waals surface area contributed by atoms with Gasteiger partial charge in [0.05, 0.1) is 5.69 Å². The van der Waals surface area contributed by atoms with Gasteiger partial charge in [-0.15, -0.1) is 0 Å². The molecule has 242 valence electrons. The van der Waals surface area contributed by atoms with E-state index < -0.39 is 0 Å². The molecule has 0 bridgehead atoms. The zero-order valence-electron chi connectivity index (χ0n) is 28.6. The monoisotopic (exact) mass is 653 g/mol. The Morgan fingerprint density at radius 1 is 0.451 bits per heavy atom. The highest BCUT2D eigenvalue weighted by Crippen LogP contribution is 2.54. The number of hydrogen-bond acceptors (Lipinski definition) is 2. The fraction of sp³-hybridized carbons (Fsp3) is 0.0612. The molecule has 8 aromatic carbocycles. The minimum absolute atomic E-state index is 0.104. The van der Waals surface area contributed by atoms with Gasteiger partial charge in [-0.1, -0.05) is 141 Å². The maximum absolute atomic E-state index is 6.29. The molecule has 1 aliphatic rings. The predicted octanol–water partition coefficient (Wildman–Crippen LogP) is 13.8. The summed E-state index contributed by atoms with van der Waals surface area (Å²) in [5, 5.41) is 4.78. The van der Waals surface area contributed by atoms with Crippen LogP contribution in [0.15, 0.2) is 180 Å². The molecule has 1 aliphatic carbocycles. The summed E-state index contributed by atoms with van der Waals surface area (Å²) >= 11 is 0. The second kappa shape index (κ2) is 11.3. The maximum Gasteiger partial charge on any atom is 0.136 e. The molecule has 0 radical (unpaired) electrons. The van der Waals surface area contributed by atoms with Gasteiger partial charge in [0, 0.05) is 33.1 Å². The fourth-order valence-electron chi connectivity index (χ4n) is 8.35. The Morgan fingerprint density at radius 2 is 1.14 bits per heavy atom. The molecule has 51 heavy (non-hydrogen) atoms. The van der Waals surface area contributed by atoms with E-state index in [4.69, 9.17) is 4.42 Å². The van der Waals surface area contributed by atoms with E-state index in [1.807, 2.05) is 12.1 Å². The molecule has 0 N–H and O–H groups in total. The van der Waals surface area contributed by atoms with Crippen LogP contribution >= 0.6 is 0 Å². The summed E-state index contributed by atoms with van der Waals surface area (Å²) < 4.78 is 6.29. The van der Waals surface area contributed by atoms with Crippen molar-refractivity contribution in [1.82, 2.24) is 0 Å². The van der Waals surface area contributed by atoms with Gasteiger partial charge in [0.1, 0.15) is 11.2 Å². The summed E-state index contributed by atoms with van der Waals surface area (Å²) in [6.07, 6.45) is 0. The highest BCUT2D eigenvalue weighted by atomic mass is 16.3. The van der Waals surface area contributed by atoms with E-state index in [1.54, 1.807) is 0 Å². The highest BCUT2D eigenvalue weighted by Gasteiger charge is 2.37. The number of nitrogens with zero attached hydrogens (tertiary/aromatic N) is 1. The lowest BCUT2D eigenvalue weighted by Crippen LogP contribution is -2.16. The summed E-state index contributed by atoms with van der Waals surface area (Å²) in [5.74, 6) is 0. The summed E-state index contributed by atoms with van der Waals surface area (Å²) in [7, 11) is 0. The van der Waals surface area contributed by atoms with Crippen molar-refractivity contribution in [2.24, 2.45) is 0 Å². The quantitative estimate of drug-likeness (QED) is 0.184. The number of anilines is 3. The van der Waals surface area contributed by atoms with Crippen LogP contribution in [0.4, 0.5) is 17.1 Å². The van der Waals surface area contributed by atoms with Crippen molar-refractivity contribution in [1.29, 1.82) is 0 Å². The second-order valence-corrected chi connectivity index (χ2v) is 14.1. The van der Waals surface area contributed by atoms with Crippen molar-refractivity contribution in [3.05, 3.63) is 187 Å². The first-order chi connectivity index (χ1) is 25.0. The summed E-state index contributed by atoms with van der Waals surface area (Å²) in [6.45, 7) is 4.70. The van der Waals surface area contributed by atoms with Gasteiger partial charge in [-0.3, -0.25) is 0 Å². The average molecular weight is 654 g/mol. The van der Waals surface area contributed by atoms with Crippen LogP contribution in [0.3, 0.4) is 0 Å². The molecule has 0 fully saturated rings. The molecule has 0 saturated carbocycles. The molecule has 2 heteroatoms. The first kappa shape index (κ1) is 29.5. The Bertz CT molecular complexity index is 2780. The molecule has 0 atom stereocenters. The lowest BCUT2D eigenvalue weighted by atomic mass is 9.82. The van der Waals surface area contributed by atoms with Crippen molar-refractivity contribution in [3.8, 4) is 33.4 Å². The van der Waals surface area contributed by atoms with Gasteiger partial charge < -0.3 is 9.32 Å². The molecule has 0 aliphatic heterocycles. The van der Waals surface area contributed by atoms with Crippen LogP contribution < -0.4 is 4.90 Å². The highest BCUT2D eigenvalue weighted by molar-refractivity contribution is 6.12. The number of para-hydroxylation sites is 1. The van der Waals surface area contributed by atoms with Gasteiger partial charge >= 0.3 is 0 Å². The Balaban J connectivity index is 1.17. The molecule has 0 saturated heterocycles. The average Bonchev–Trinajstić information content (AvgIpc) is 3.68. The fourth-order valence-corrected chi connectivity index (χ4v) is 8.35. The molecule has 2 nitrogen and oxygen atoms in total. The molecule has 9 aromatic rings. The lowest BCUT2D eigenvalue weighted by Gasteiger charge is -2.29. The van der Waals surface area contributed by atoms with Crippen LogP contribution in [0.25, 0.3) is 66.1 Å². The van der Waals surface area contributed by atoms with Gasteiger partial charge in [-0.25, -0.2) is 0 Å². The summed E-state index contributed by atoms with van der Waals surface area (Å²) in [6, 6.07) is 63.7. The van der Waals surface area contributed by atoms with Crippen LogP contribution in [0, 0.1) is 0 Å². The molecule has 0 unspecified atom stereocenters. The molecular formula is C49H35NO. The van der Waals surface area contributed by atoms with E-state index in [2.05, 4.69) is 183 Å². The van der Waals surface area contributed by atoms with E-state index >= 15 is 0 Å². The second-order valence-electron chi connectivity index (χ2n) is 14.1. The minimum Gasteiger partial charge on any atom is -0.456 e. The number of hydrogen-bond donors (Lipinski definition) is 0. The smallest absolute Gasteiger partial charge is 0.136 e. The van der Waals surface area contributed by atoms with Gasteiger partial charge in [-0.05, 0) is 98.2 Å². The van der Waals surface area contributed by atoms with E-state index in [1.165, 1.54) is 49.8 Å². The summed E-state index contributed by atoms with van der Waals surface area (Å²) in [5.41, 5.74) is 15.1. The largest absolute Gasteiger partial charge is 0.456 e. The van der Waals surface area contributed by atoms with E-state index in [-0.39, 0.29) is 5.41 Å². The van der Waals surface area contributed by atoms with Gasteiger partial charge in [-0.2, -0.15) is 0 Å². The van der Waals surface area contributed by atoms with Crippen molar-refractivity contribution in [3.63, 3.8) is 0 Å². The molecular weight excluding hydrogens is 619 g/mol. The third kappa shape index (κ3) is 4.64. The van der Waals surface area contributed by atoms with Crippen molar-refractivity contribution in [2.45, 2.75) is 19.3 Å².